The molecule has 0 saturated carbocycles. The van der Waals surface area contributed by atoms with E-state index in [0.717, 1.165) is 18.0 Å². The lowest BCUT2D eigenvalue weighted by Crippen LogP contribution is -1.92. The highest BCUT2D eigenvalue weighted by atomic mass is 32.2. The van der Waals surface area contributed by atoms with Crippen LogP contribution in [0.4, 0.5) is 4.39 Å². The number of pyridine rings is 1. The van der Waals surface area contributed by atoms with Gasteiger partial charge in [0.2, 0.25) is 0 Å². The van der Waals surface area contributed by atoms with Gasteiger partial charge in [0.15, 0.2) is 17.2 Å². The molecule has 0 aliphatic carbocycles. The second-order valence-electron chi connectivity index (χ2n) is 2.79. The van der Waals surface area contributed by atoms with Crippen LogP contribution in [0, 0.1) is 17.7 Å². The van der Waals surface area contributed by atoms with E-state index >= 15 is 0 Å². The fourth-order valence-electron chi connectivity index (χ4n) is 0.877. The van der Waals surface area contributed by atoms with Crippen molar-refractivity contribution in [2.24, 2.45) is 0 Å². The summed E-state index contributed by atoms with van der Waals surface area (Å²) in [5, 5.41) is -0.0186. The third-order valence-corrected chi connectivity index (χ3v) is 2.27. The van der Waals surface area contributed by atoms with Gasteiger partial charge in [-0.3, -0.25) is 9.59 Å². The van der Waals surface area contributed by atoms with E-state index in [-0.39, 0.29) is 10.7 Å². The maximum Gasteiger partial charge on any atom is 0.186 e. The quantitative estimate of drug-likeness (QED) is 0.580. The van der Waals surface area contributed by atoms with Crippen molar-refractivity contribution in [3.05, 3.63) is 29.3 Å². The van der Waals surface area contributed by atoms with E-state index in [9.17, 15) is 14.0 Å². The zero-order valence-electron chi connectivity index (χ0n) is 8.49. The van der Waals surface area contributed by atoms with E-state index in [1.165, 1.54) is 13.0 Å². The van der Waals surface area contributed by atoms with E-state index < -0.39 is 5.82 Å². The third kappa shape index (κ3) is 3.83. The molecule has 1 rings (SSSR count). The molecule has 0 unspecified atom stereocenters. The molecule has 0 aromatic carbocycles. The van der Waals surface area contributed by atoms with E-state index in [4.69, 9.17) is 0 Å². The molecule has 5 heteroatoms. The SMILES string of the molecule is CC(=O)SCC#Cc1cc(C=O)c(F)cn1. The monoisotopic (exact) mass is 237 g/mol. The average Bonchev–Trinajstić information content (AvgIpc) is 2.26. The van der Waals surface area contributed by atoms with Crippen molar-refractivity contribution in [1.29, 1.82) is 0 Å². The molecule has 1 aromatic heterocycles. The highest BCUT2D eigenvalue weighted by Crippen LogP contribution is 2.04. The second kappa shape index (κ2) is 6.03. The molecule has 16 heavy (non-hydrogen) atoms. The van der Waals surface area contributed by atoms with Gasteiger partial charge in [0.25, 0.3) is 0 Å². The van der Waals surface area contributed by atoms with Crippen LogP contribution in [-0.2, 0) is 4.79 Å². The summed E-state index contributed by atoms with van der Waals surface area (Å²) in [6.45, 7) is 1.45. The van der Waals surface area contributed by atoms with Crippen LogP contribution in [-0.4, -0.2) is 22.1 Å². The summed E-state index contributed by atoms with van der Waals surface area (Å²) in [5.41, 5.74) is 0.242. The van der Waals surface area contributed by atoms with Gasteiger partial charge in [0, 0.05) is 6.92 Å². The molecule has 0 atom stereocenters. The van der Waals surface area contributed by atoms with Gasteiger partial charge >= 0.3 is 0 Å². The first-order chi connectivity index (χ1) is 7.63. The molecule has 0 spiro atoms. The number of aromatic nitrogens is 1. The number of hydrogen-bond acceptors (Lipinski definition) is 4. The summed E-state index contributed by atoms with van der Waals surface area (Å²) in [5.74, 6) is 5.02. The summed E-state index contributed by atoms with van der Waals surface area (Å²) in [6, 6.07) is 1.27. The van der Waals surface area contributed by atoms with Crippen molar-refractivity contribution in [2.75, 3.05) is 5.75 Å². The fourth-order valence-corrected chi connectivity index (χ4v) is 1.22. The Kier molecular flexibility index (Phi) is 4.67. The molecule has 1 heterocycles. The number of hydrogen-bond donors (Lipinski definition) is 0. The summed E-state index contributed by atoms with van der Waals surface area (Å²) in [6.07, 6.45) is 1.36. The van der Waals surface area contributed by atoms with E-state index in [1.54, 1.807) is 0 Å². The first-order valence-electron chi connectivity index (χ1n) is 4.36. The number of nitrogens with zero attached hydrogens (tertiary/aromatic N) is 1. The summed E-state index contributed by atoms with van der Waals surface area (Å²) < 4.78 is 12.9. The molecule has 0 bridgehead atoms. The molecule has 0 fully saturated rings. The summed E-state index contributed by atoms with van der Waals surface area (Å²) >= 11 is 1.08. The molecule has 0 saturated heterocycles. The van der Waals surface area contributed by atoms with Gasteiger partial charge in [-0.05, 0) is 12.0 Å². The third-order valence-electron chi connectivity index (χ3n) is 1.58. The minimum absolute atomic E-state index is 0.0186. The van der Waals surface area contributed by atoms with Gasteiger partial charge in [0.1, 0.15) is 5.69 Å². The zero-order valence-corrected chi connectivity index (χ0v) is 9.31. The Bertz CT molecular complexity index is 477. The van der Waals surface area contributed by atoms with Crippen molar-refractivity contribution in [2.45, 2.75) is 6.92 Å². The molecular weight excluding hydrogens is 229 g/mol. The zero-order chi connectivity index (χ0) is 12.0. The molecule has 0 aliphatic heterocycles. The lowest BCUT2D eigenvalue weighted by molar-refractivity contribution is -0.109. The fraction of sp³-hybridized carbons (Fsp3) is 0.182. The first kappa shape index (κ1) is 12.4. The Balaban J connectivity index is 2.74. The van der Waals surface area contributed by atoms with Crippen LogP contribution in [0.2, 0.25) is 0 Å². The van der Waals surface area contributed by atoms with Gasteiger partial charge in [-0.15, -0.1) is 0 Å². The number of aldehydes is 1. The standard InChI is InChI=1S/C11H8FNO2S/c1-8(15)16-4-2-3-10-5-9(7-14)11(12)6-13-10/h5-7H,4H2,1H3. The van der Waals surface area contributed by atoms with Gasteiger partial charge in [-0.25, -0.2) is 9.37 Å². The molecule has 0 amide bonds. The minimum atomic E-state index is -0.668. The molecule has 82 valence electrons. The van der Waals surface area contributed by atoms with Crippen molar-refractivity contribution < 1.29 is 14.0 Å². The minimum Gasteiger partial charge on any atom is -0.298 e. The van der Waals surface area contributed by atoms with Gasteiger partial charge in [0.05, 0.1) is 17.5 Å². The lowest BCUT2D eigenvalue weighted by Gasteiger charge is -1.93. The second-order valence-corrected chi connectivity index (χ2v) is 3.94. The Labute approximate surface area is 96.5 Å². The van der Waals surface area contributed by atoms with Gasteiger partial charge in [-0.1, -0.05) is 17.7 Å². The van der Waals surface area contributed by atoms with Crippen LogP contribution in [0.15, 0.2) is 12.3 Å². The molecular formula is C11H8FNO2S. The highest BCUT2D eigenvalue weighted by Gasteiger charge is 2.01. The number of thioether (sulfide) groups is 1. The Morgan fingerprint density at radius 3 is 3.06 bits per heavy atom. The van der Waals surface area contributed by atoms with Crippen LogP contribution in [0.3, 0.4) is 0 Å². The van der Waals surface area contributed by atoms with Crippen molar-refractivity contribution in [1.82, 2.24) is 4.98 Å². The largest absolute Gasteiger partial charge is 0.298 e. The van der Waals surface area contributed by atoms with E-state index in [0.29, 0.717) is 17.7 Å². The predicted molar refractivity (Wildman–Crippen MR) is 59.6 cm³/mol. The number of carbonyl (C=O) groups is 2. The van der Waals surface area contributed by atoms with Crippen LogP contribution >= 0.6 is 11.8 Å². The lowest BCUT2D eigenvalue weighted by atomic mass is 10.2. The number of carbonyl (C=O) groups excluding carboxylic acids is 2. The predicted octanol–water partition coefficient (Wildman–Crippen LogP) is 1.66. The van der Waals surface area contributed by atoms with Crippen molar-refractivity contribution >= 4 is 23.2 Å². The molecule has 3 nitrogen and oxygen atoms in total. The average molecular weight is 237 g/mol. The van der Waals surface area contributed by atoms with Gasteiger partial charge < -0.3 is 0 Å². The highest BCUT2D eigenvalue weighted by molar-refractivity contribution is 8.13. The van der Waals surface area contributed by atoms with Crippen molar-refractivity contribution in [3.8, 4) is 11.8 Å². The van der Waals surface area contributed by atoms with E-state index in [1.807, 2.05) is 0 Å². The summed E-state index contributed by atoms with van der Waals surface area (Å²) in [4.78, 5) is 24.7. The Hall–Kier alpha value is -1.67. The van der Waals surface area contributed by atoms with Crippen LogP contribution in [0.1, 0.15) is 23.0 Å². The van der Waals surface area contributed by atoms with Crippen LogP contribution in [0.25, 0.3) is 0 Å². The Morgan fingerprint density at radius 2 is 2.44 bits per heavy atom. The normalized spacial score (nSPS) is 9.12. The summed E-state index contributed by atoms with van der Waals surface area (Å²) in [7, 11) is 0. The number of rotatable bonds is 2. The molecule has 0 radical (unpaired) electrons. The number of halogens is 1. The topological polar surface area (TPSA) is 47.0 Å². The molecule has 1 aromatic rings. The smallest absolute Gasteiger partial charge is 0.186 e. The molecule has 0 aliphatic rings. The van der Waals surface area contributed by atoms with Crippen molar-refractivity contribution in [3.63, 3.8) is 0 Å². The van der Waals surface area contributed by atoms with Crippen LogP contribution in [0.5, 0.6) is 0 Å². The Morgan fingerprint density at radius 1 is 1.69 bits per heavy atom. The first-order valence-corrected chi connectivity index (χ1v) is 5.35. The molecule has 0 N–H and O–H groups in total. The van der Waals surface area contributed by atoms with Crippen LogP contribution < -0.4 is 0 Å². The maximum absolute atomic E-state index is 12.9. The van der Waals surface area contributed by atoms with Gasteiger partial charge in [-0.2, -0.15) is 0 Å². The van der Waals surface area contributed by atoms with E-state index in [2.05, 4.69) is 16.8 Å². The maximum atomic E-state index is 12.9.